The summed E-state index contributed by atoms with van der Waals surface area (Å²) in [6.07, 6.45) is 0.667. The Kier molecular flexibility index (Phi) is 5.41. The van der Waals surface area contributed by atoms with Gasteiger partial charge in [0.1, 0.15) is 5.54 Å². The van der Waals surface area contributed by atoms with E-state index in [1.807, 2.05) is 6.92 Å². The molecule has 0 saturated carbocycles. The molecule has 1 aliphatic heterocycles. The van der Waals surface area contributed by atoms with Gasteiger partial charge >= 0.3 is 0 Å². The number of hydrogen-bond donors (Lipinski definition) is 1. The fourth-order valence-corrected chi connectivity index (χ4v) is 3.25. The van der Waals surface area contributed by atoms with E-state index in [4.69, 9.17) is 0 Å². The van der Waals surface area contributed by atoms with Gasteiger partial charge in [-0.05, 0) is 34.1 Å². The molecule has 0 aliphatic carbocycles. The Labute approximate surface area is 127 Å². The van der Waals surface area contributed by atoms with Crippen molar-refractivity contribution in [1.29, 1.82) is 0 Å². The van der Waals surface area contributed by atoms with Gasteiger partial charge in [0.15, 0.2) is 9.84 Å². The van der Waals surface area contributed by atoms with Gasteiger partial charge in [-0.2, -0.15) is 0 Å². The molecular weight excluding hydrogens is 292 g/mol. The third kappa shape index (κ3) is 3.96. The highest BCUT2D eigenvalue weighted by Gasteiger charge is 2.41. The molecule has 2 atom stereocenters. The van der Waals surface area contributed by atoms with E-state index in [0.717, 1.165) is 0 Å². The van der Waals surface area contributed by atoms with E-state index in [1.165, 1.54) is 4.90 Å². The summed E-state index contributed by atoms with van der Waals surface area (Å²) in [5.74, 6) is -0.453. The molecular formula is C14H26N2O4S. The summed E-state index contributed by atoms with van der Waals surface area (Å²) in [6.45, 7) is 8.69. The van der Waals surface area contributed by atoms with Gasteiger partial charge in [-0.3, -0.25) is 9.59 Å². The fraction of sp³-hybridized carbons (Fsp3) is 0.857. The maximum Gasteiger partial charge on any atom is 0.248 e. The Bertz CT molecular complexity index is 515. The van der Waals surface area contributed by atoms with Crippen LogP contribution in [0.25, 0.3) is 0 Å². The van der Waals surface area contributed by atoms with Crippen molar-refractivity contribution < 1.29 is 18.0 Å². The van der Waals surface area contributed by atoms with E-state index >= 15 is 0 Å². The lowest BCUT2D eigenvalue weighted by Gasteiger charge is -2.33. The molecule has 0 aromatic carbocycles. The van der Waals surface area contributed by atoms with Crippen molar-refractivity contribution in [1.82, 2.24) is 10.2 Å². The molecule has 122 valence electrons. The third-order valence-electron chi connectivity index (χ3n) is 4.20. The van der Waals surface area contributed by atoms with Crippen LogP contribution < -0.4 is 5.32 Å². The van der Waals surface area contributed by atoms with E-state index in [0.29, 0.717) is 6.42 Å². The first-order chi connectivity index (χ1) is 9.53. The lowest BCUT2D eigenvalue weighted by atomic mass is 9.97. The lowest BCUT2D eigenvalue weighted by Crippen LogP contribution is -2.56. The highest BCUT2D eigenvalue weighted by Crippen LogP contribution is 2.21. The van der Waals surface area contributed by atoms with Gasteiger partial charge in [-0.1, -0.05) is 6.92 Å². The quantitative estimate of drug-likeness (QED) is 0.809. The van der Waals surface area contributed by atoms with Gasteiger partial charge in [0.25, 0.3) is 0 Å². The minimum Gasteiger partial charge on any atom is -0.342 e. The van der Waals surface area contributed by atoms with Crippen molar-refractivity contribution in [2.24, 2.45) is 0 Å². The van der Waals surface area contributed by atoms with Crippen LogP contribution in [-0.4, -0.2) is 54.3 Å². The van der Waals surface area contributed by atoms with Crippen LogP contribution in [0, 0.1) is 0 Å². The second kappa shape index (κ2) is 6.34. The summed E-state index contributed by atoms with van der Waals surface area (Å²) in [5, 5.41) is 2.29. The Morgan fingerprint density at radius 1 is 1.38 bits per heavy atom. The van der Waals surface area contributed by atoms with Crippen molar-refractivity contribution >= 4 is 21.7 Å². The summed E-state index contributed by atoms with van der Waals surface area (Å²) in [7, 11) is -3.21. The van der Waals surface area contributed by atoms with E-state index in [-0.39, 0.29) is 36.6 Å². The first kappa shape index (κ1) is 17.9. The topological polar surface area (TPSA) is 83.6 Å². The molecule has 0 radical (unpaired) electrons. The second-order valence-electron chi connectivity index (χ2n) is 6.20. The average molecular weight is 318 g/mol. The summed E-state index contributed by atoms with van der Waals surface area (Å²) < 4.78 is 23.9. The van der Waals surface area contributed by atoms with Crippen LogP contribution in [0.5, 0.6) is 0 Å². The number of carbonyl (C=O) groups excluding carboxylic acids is 2. The number of amides is 2. The second-order valence-corrected chi connectivity index (χ2v) is 8.88. The van der Waals surface area contributed by atoms with Crippen LogP contribution in [0.3, 0.4) is 0 Å². The molecule has 21 heavy (non-hydrogen) atoms. The van der Waals surface area contributed by atoms with Gasteiger partial charge in [-0.25, -0.2) is 8.42 Å². The van der Waals surface area contributed by atoms with Crippen LogP contribution in [-0.2, 0) is 19.4 Å². The molecule has 7 heteroatoms. The molecule has 1 saturated heterocycles. The summed E-state index contributed by atoms with van der Waals surface area (Å²) in [5.41, 5.74) is -0.955. The molecule has 2 amide bonds. The zero-order chi connectivity index (χ0) is 16.4. The van der Waals surface area contributed by atoms with E-state index in [2.05, 4.69) is 5.32 Å². The molecule has 1 aliphatic rings. The molecule has 6 nitrogen and oxygen atoms in total. The molecule has 0 bridgehead atoms. The van der Waals surface area contributed by atoms with Crippen molar-refractivity contribution in [2.75, 3.05) is 12.3 Å². The van der Waals surface area contributed by atoms with Gasteiger partial charge < -0.3 is 10.2 Å². The van der Waals surface area contributed by atoms with Gasteiger partial charge in [0, 0.05) is 19.0 Å². The van der Waals surface area contributed by atoms with Crippen LogP contribution in [0.4, 0.5) is 0 Å². The fourth-order valence-electron chi connectivity index (χ4n) is 2.33. The normalized spacial score (nSPS) is 27.7. The summed E-state index contributed by atoms with van der Waals surface area (Å²) in [6, 6.07) is -0.298. The van der Waals surface area contributed by atoms with Crippen LogP contribution in [0.1, 0.15) is 47.5 Å². The van der Waals surface area contributed by atoms with Crippen molar-refractivity contribution in [3.8, 4) is 0 Å². The number of nitrogens with zero attached hydrogens (tertiary/aromatic N) is 1. The van der Waals surface area contributed by atoms with Crippen molar-refractivity contribution in [2.45, 2.75) is 64.3 Å². The zero-order valence-corrected chi connectivity index (χ0v) is 14.3. The Morgan fingerprint density at radius 2 is 1.95 bits per heavy atom. The molecule has 1 heterocycles. The molecule has 0 aromatic rings. The van der Waals surface area contributed by atoms with Crippen molar-refractivity contribution in [3.63, 3.8) is 0 Å². The maximum atomic E-state index is 12.7. The van der Waals surface area contributed by atoms with Crippen LogP contribution >= 0.6 is 0 Å². The molecule has 1 rings (SSSR count). The maximum absolute atomic E-state index is 12.7. The third-order valence-corrected chi connectivity index (χ3v) is 6.39. The number of rotatable bonds is 5. The molecule has 1 fully saturated rings. The molecule has 2 unspecified atom stereocenters. The summed E-state index contributed by atoms with van der Waals surface area (Å²) >= 11 is 0. The molecule has 0 spiro atoms. The van der Waals surface area contributed by atoms with Gasteiger partial charge in [-0.15, -0.1) is 0 Å². The Hall–Kier alpha value is -1.11. The zero-order valence-electron chi connectivity index (χ0n) is 13.5. The predicted octanol–water partition coefficient (Wildman–Crippen LogP) is 0.715. The standard InChI is InChI=1S/C14H26N2O4S/c1-6-14(5)13(18)16(11(4)9-12(17)15-14)7-8-21(19,20)10(2)3/h10-11H,6-9H2,1-5H3,(H,15,17). The van der Waals surface area contributed by atoms with Crippen LogP contribution in [0.15, 0.2) is 0 Å². The Balaban J connectivity index is 2.97. The predicted molar refractivity (Wildman–Crippen MR) is 81.6 cm³/mol. The highest BCUT2D eigenvalue weighted by molar-refractivity contribution is 7.92. The van der Waals surface area contributed by atoms with E-state index < -0.39 is 20.6 Å². The van der Waals surface area contributed by atoms with Crippen LogP contribution in [0.2, 0.25) is 0 Å². The average Bonchev–Trinajstić information content (AvgIpc) is 2.44. The SMILES string of the molecule is CCC1(C)NC(=O)CC(C)N(CCS(=O)(=O)C(C)C)C1=O. The monoisotopic (exact) mass is 318 g/mol. The largest absolute Gasteiger partial charge is 0.342 e. The highest BCUT2D eigenvalue weighted by atomic mass is 32.2. The smallest absolute Gasteiger partial charge is 0.248 e. The van der Waals surface area contributed by atoms with Gasteiger partial charge in [0.05, 0.1) is 11.0 Å². The van der Waals surface area contributed by atoms with E-state index in [9.17, 15) is 18.0 Å². The number of nitrogens with one attached hydrogen (secondary N) is 1. The van der Waals surface area contributed by atoms with E-state index in [1.54, 1.807) is 27.7 Å². The van der Waals surface area contributed by atoms with Crippen molar-refractivity contribution in [3.05, 3.63) is 0 Å². The minimum absolute atomic E-state index is 0.0747. The minimum atomic E-state index is -3.21. The first-order valence-corrected chi connectivity index (χ1v) is 9.08. The number of sulfone groups is 1. The number of hydrogen-bond acceptors (Lipinski definition) is 4. The molecule has 0 aromatic heterocycles. The lowest BCUT2D eigenvalue weighted by molar-refractivity contribution is -0.139. The summed E-state index contributed by atoms with van der Waals surface area (Å²) in [4.78, 5) is 26.0. The number of carbonyl (C=O) groups is 2. The molecule has 1 N–H and O–H groups in total. The Morgan fingerprint density at radius 3 is 2.43 bits per heavy atom. The first-order valence-electron chi connectivity index (χ1n) is 7.37. The van der Waals surface area contributed by atoms with Gasteiger partial charge in [0.2, 0.25) is 11.8 Å².